The molecule has 24 heavy (non-hydrogen) atoms. The van der Waals surface area contributed by atoms with Crippen LogP contribution in [0.15, 0.2) is 47.4 Å². The second-order valence-electron chi connectivity index (χ2n) is 5.75. The van der Waals surface area contributed by atoms with E-state index in [0.29, 0.717) is 17.4 Å². The van der Waals surface area contributed by atoms with Gasteiger partial charge in [0.2, 0.25) is 0 Å². The van der Waals surface area contributed by atoms with Crippen LogP contribution in [0.5, 0.6) is 5.75 Å². The molecule has 7 heteroatoms. The SMILES string of the molecule is COc1ccc(S(=O)(=O)Nc2ccc(NCC(C)C)cc2)cc1Cl. The number of nitrogens with one attached hydrogen (secondary N) is 2. The lowest BCUT2D eigenvalue weighted by Crippen LogP contribution is -2.13. The van der Waals surface area contributed by atoms with Crippen LogP contribution in [0.4, 0.5) is 11.4 Å². The fourth-order valence-corrected chi connectivity index (χ4v) is 3.41. The molecule has 0 saturated heterocycles. The zero-order valence-electron chi connectivity index (χ0n) is 13.8. The fraction of sp³-hybridized carbons (Fsp3) is 0.294. The average Bonchev–Trinajstić information content (AvgIpc) is 2.53. The minimum Gasteiger partial charge on any atom is -0.495 e. The highest BCUT2D eigenvalue weighted by atomic mass is 35.5. The van der Waals surface area contributed by atoms with Crippen molar-refractivity contribution in [3.8, 4) is 5.75 Å². The molecule has 0 atom stereocenters. The zero-order valence-corrected chi connectivity index (χ0v) is 15.4. The van der Waals surface area contributed by atoms with Gasteiger partial charge < -0.3 is 10.1 Å². The highest BCUT2D eigenvalue weighted by Gasteiger charge is 2.16. The van der Waals surface area contributed by atoms with Crippen LogP contribution in [0.1, 0.15) is 13.8 Å². The number of benzene rings is 2. The lowest BCUT2D eigenvalue weighted by Gasteiger charge is -2.12. The largest absolute Gasteiger partial charge is 0.495 e. The van der Waals surface area contributed by atoms with E-state index in [-0.39, 0.29) is 9.92 Å². The highest BCUT2D eigenvalue weighted by molar-refractivity contribution is 7.92. The molecule has 2 aromatic rings. The molecule has 2 aromatic carbocycles. The molecule has 130 valence electrons. The average molecular weight is 369 g/mol. The van der Waals surface area contributed by atoms with Crippen molar-refractivity contribution in [3.05, 3.63) is 47.5 Å². The topological polar surface area (TPSA) is 67.4 Å². The zero-order chi connectivity index (χ0) is 17.7. The molecule has 5 nitrogen and oxygen atoms in total. The molecule has 0 heterocycles. The van der Waals surface area contributed by atoms with Crippen LogP contribution >= 0.6 is 11.6 Å². The third kappa shape index (κ3) is 4.79. The summed E-state index contributed by atoms with van der Waals surface area (Å²) in [5.74, 6) is 0.958. The molecule has 0 radical (unpaired) electrons. The molecule has 0 fully saturated rings. The Kier molecular flexibility index (Phi) is 5.96. The Labute approximate surface area is 148 Å². The van der Waals surface area contributed by atoms with Crippen LogP contribution in [0.2, 0.25) is 5.02 Å². The van der Waals surface area contributed by atoms with Crippen LogP contribution in [-0.4, -0.2) is 22.1 Å². The molecule has 0 aliphatic heterocycles. The highest BCUT2D eigenvalue weighted by Crippen LogP contribution is 2.28. The Morgan fingerprint density at radius 2 is 1.71 bits per heavy atom. The number of hydrogen-bond acceptors (Lipinski definition) is 4. The smallest absolute Gasteiger partial charge is 0.261 e. The van der Waals surface area contributed by atoms with E-state index in [4.69, 9.17) is 16.3 Å². The molecule has 0 unspecified atom stereocenters. The summed E-state index contributed by atoms with van der Waals surface area (Å²) in [5.41, 5.74) is 1.43. The Hall–Kier alpha value is -1.92. The first-order valence-electron chi connectivity index (χ1n) is 7.52. The van der Waals surface area contributed by atoms with Gasteiger partial charge in [-0.05, 0) is 48.4 Å². The minimum absolute atomic E-state index is 0.0790. The van der Waals surface area contributed by atoms with Crippen LogP contribution in [-0.2, 0) is 10.0 Å². The van der Waals surface area contributed by atoms with Crippen LogP contribution in [0.25, 0.3) is 0 Å². The van der Waals surface area contributed by atoms with Crippen molar-refractivity contribution in [3.63, 3.8) is 0 Å². The lowest BCUT2D eigenvalue weighted by molar-refractivity contribution is 0.414. The second-order valence-corrected chi connectivity index (χ2v) is 7.84. The molecular weight excluding hydrogens is 348 g/mol. The van der Waals surface area contributed by atoms with Crippen molar-refractivity contribution < 1.29 is 13.2 Å². The predicted octanol–water partition coefficient (Wildman–Crippen LogP) is 4.22. The van der Waals surface area contributed by atoms with Crippen molar-refractivity contribution in [1.29, 1.82) is 0 Å². The van der Waals surface area contributed by atoms with Crippen molar-refractivity contribution in [2.24, 2.45) is 5.92 Å². The summed E-state index contributed by atoms with van der Waals surface area (Å²) in [4.78, 5) is 0.0790. The van der Waals surface area contributed by atoms with E-state index in [1.54, 1.807) is 12.1 Å². The van der Waals surface area contributed by atoms with Gasteiger partial charge in [0, 0.05) is 17.9 Å². The summed E-state index contributed by atoms with van der Waals surface area (Å²) in [6.45, 7) is 5.10. The molecular formula is C17H21ClN2O3S. The summed E-state index contributed by atoms with van der Waals surface area (Å²) in [7, 11) is -2.24. The standard InChI is InChI=1S/C17H21ClN2O3S/c1-12(2)11-19-13-4-6-14(7-5-13)20-24(21,22)15-8-9-17(23-3)16(18)10-15/h4-10,12,19-20H,11H2,1-3H3. The van der Waals surface area contributed by atoms with Gasteiger partial charge in [0.15, 0.2) is 0 Å². The van der Waals surface area contributed by atoms with Crippen molar-refractivity contribution in [2.45, 2.75) is 18.7 Å². The molecule has 0 bridgehead atoms. The van der Waals surface area contributed by atoms with Crippen LogP contribution in [0, 0.1) is 5.92 Å². The first-order valence-corrected chi connectivity index (χ1v) is 9.38. The van der Waals surface area contributed by atoms with E-state index in [2.05, 4.69) is 23.9 Å². The normalized spacial score (nSPS) is 11.4. The number of methoxy groups -OCH3 is 1. The summed E-state index contributed by atoms with van der Waals surface area (Å²) >= 11 is 5.99. The van der Waals surface area contributed by atoms with Crippen molar-refractivity contribution in [2.75, 3.05) is 23.7 Å². The van der Waals surface area contributed by atoms with Crippen LogP contribution < -0.4 is 14.8 Å². The maximum absolute atomic E-state index is 12.4. The van der Waals surface area contributed by atoms with Gasteiger partial charge in [-0.2, -0.15) is 0 Å². The quantitative estimate of drug-likeness (QED) is 0.767. The molecule has 0 aliphatic carbocycles. The molecule has 0 spiro atoms. The number of hydrogen-bond donors (Lipinski definition) is 2. The Morgan fingerprint density at radius 3 is 2.25 bits per heavy atom. The van der Waals surface area contributed by atoms with E-state index >= 15 is 0 Å². The van der Waals surface area contributed by atoms with E-state index in [0.717, 1.165) is 12.2 Å². The van der Waals surface area contributed by atoms with Crippen LogP contribution in [0.3, 0.4) is 0 Å². The lowest BCUT2D eigenvalue weighted by atomic mass is 10.2. The van der Waals surface area contributed by atoms with Gasteiger partial charge in [-0.1, -0.05) is 25.4 Å². The number of anilines is 2. The predicted molar refractivity (Wildman–Crippen MR) is 98.6 cm³/mol. The van der Waals surface area contributed by atoms with E-state index in [9.17, 15) is 8.42 Å². The number of ether oxygens (including phenoxy) is 1. The molecule has 2 N–H and O–H groups in total. The monoisotopic (exact) mass is 368 g/mol. The first-order chi connectivity index (χ1) is 11.3. The Balaban J connectivity index is 2.12. The summed E-state index contributed by atoms with van der Waals surface area (Å²) in [6.07, 6.45) is 0. The summed E-state index contributed by atoms with van der Waals surface area (Å²) < 4.78 is 32.4. The number of sulfonamides is 1. The first kappa shape index (κ1) is 18.4. The second kappa shape index (κ2) is 7.77. The van der Waals surface area contributed by atoms with Crippen molar-refractivity contribution >= 4 is 33.0 Å². The number of rotatable bonds is 7. The molecule has 0 amide bonds. The number of halogens is 1. The van der Waals surface area contributed by atoms with Crippen molar-refractivity contribution in [1.82, 2.24) is 0 Å². The summed E-state index contributed by atoms with van der Waals surface area (Å²) in [5, 5.41) is 3.52. The third-order valence-corrected chi connectivity index (χ3v) is 4.96. The Bertz CT molecular complexity index is 790. The van der Waals surface area contributed by atoms with Gasteiger partial charge in [-0.25, -0.2) is 8.42 Å². The molecule has 0 saturated carbocycles. The Morgan fingerprint density at radius 1 is 1.08 bits per heavy atom. The van der Waals surface area contributed by atoms with E-state index < -0.39 is 10.0 Å². The minimum atomic E-state index is -3.71. The fourth-order valence-electron chi connectivity index (χ4n) is 2.01. The molecule has 0 aliphatic rings. The van der Waals surface area contributed by atoms with Gasteiger partial charge in [0.1, 0.15) is 5.75 Å². The maximum Gasteiger partial charge on any atom is 0.261 e. The van der Waals surface area contributed by atoms with E-state index in [1.165, 1.54) is 25.3 Å². The molecule has 0 aromatic heterocycles. The van der Waals surface area contributed by atoms with Gasteiger partial charge in [-0.3, -0.25) is 4.72 Å². The maximum atomic E-state index is 12.4. The third-order valence-electron chi connectivity index (χ3n) is 3.29. The van der Waals surface area contributed by atoms with Gasteiger partial charge in [-0.15, -0.1) is 0 Å². The van der Waals surface area contributed by atoms with E-state index in [1.807, 2.05) is 12.1 Å². The summed E-state index contributed by atoms with van der Waals surface area (Å²) in [6, 6.07) is 11.4. The van der Waals surface area contributed by atoms with Gasteiger partial charge in [0.05, 0.1) is 17.0 Å². The molecule has 2 rings (SSSR count). The van der Waals surface area contributed by atoms with Gasteiger partial charge >= 0.3 is 0 Å². The van der Waals surface area contributed by atoms with Gasteiger partial charge in [0.25, 0.3) is 10.0 Å².